The first-order valence-corrected chi connectivity index (χ1v) is 6.26. The van der Waals surface area contributed by atoms with Gasteiger partial charge in [-0.25, -0.2) is 0 Å². The number of rotatable bonds is 3. The summed E-state index contributed by atoms with van der Waals surface area (Å²) in [6.45, 7) is 3.24. The monoisotopic (exact) mass is 218 g/mol. The summed E-state index contributed by atoms with van der Waals surface area (Å²) in [5, 5.41) is 5.64. The van der Waals surface area contributed by atoms with Gasteiger partial charge in [0.1, 0.15) is 0 Å². The minimum Gasteiger partial charge on any atom is -0.310 e. The van der Waals surface area contributed by atoms with Crippen molar-refractivity contribution >= 4 is 21.6 Å². The minimum absolute atomic E-state index is 0.740. The molecular formula is C12H14N2S. The van der Waals surface area contributed by atoms with Crippen molar-refractivity contribution in [1.82, 2.24) is 10.3 Å². The van der Waals surface area contributed by atoms with Crippen LogP contribution in [0.3, 0.4) is 0 Å². The number of nitrogens with one attached hydrogen (secondary N) is 1. The zero-order valence-corrected chi connectivity index (χ0v) is 9.55. The molecule has 1 aliphatic rings. The second-order valence-electron chi connectivity index (χ2n) is 4.35. The molecular weight excluding hydrogens is 204 g/mol. The maximum absolute atomic E-state index is 4.43. The first-order chi connectivity index (χ1) is 7.33. The number of pyridine rings is 1. The van der Waals surface area contributed by atoms with Crippen LogP contribution in [-0.2, 0) is 6.54 Å². The number of nitrogens with zero attached hydrogens (tertiary/aromatic N) is 1. The van der Waals surface area contributed by atoms with E-state index < -0.39 is 0 Å². The van der Waals surface area contributed by atoms with Crippen molar-refractivity contribution in [2.45, 2.75) is 25.9 Å². The average Bonchev–Trinajstić information content (AvgIpc) is 2.78. The van der Waals surface area contributed by atoms with Crippen LogP contribution in [0.1, 0.15) is 18.9 Å². The third kappa shape index (κ3) is 1.90. The van der Waals surface area contributed by atoms with E-state index in [0.29, 0.717) is 0 Å². The Morgan fingerprint density at radius 2 is 2.47 bits per heavy atom. The molecule has 2 unspecified atom stereocenters. The Morgan fingerprint density at radius 3 is 3.27 bits per heavy atom. The van der Waals surface area contributed by atoms with Crippen molar-refractivity contribution in [1.29, 1.82) is 0 Å². The van der Waals surface area contributed by atoms with E-state index in [2.05, 4.69) is 34.7 Å². The Kier molecular flexibility index (Phi) is 2.22. The SMILES string of the molecule is CC1CC1NCc1cnc2ccsc2c1. The summed E-state index contributed by atoms with van der Waals surface area (Å²) in [4.78, 5) is 4.43. The molecule has 2 heterocycles. The van der Waals surface area contributed by atoms with Gasteiger partial charge in [0.05, 0.1) is 10.2 Å². The molecule has 3 rings (SSSR count). The van der Waals surface area contributed by atoms with E-state index in [-0.39, 0.29) is 0 Å². The van der Waals surface area contributed by atoms with Crippen molar-refractivity contribution in [3.63, 3.8) is 0 Å². The van der Waals surface area contributed by atoms with Gasteiger partial charge in [-0.3, -0.25) is 4.98 Å². The van der Waals surface area contributed by atoms with Gasteiger partial charge < -0.3 is 5.32 Å². The summed E-state index contributed by atoms with van der Waals surface area (Å²) in [7, 11) is 0. The molecule has 3 heteroatoms. The van der Waals surface area contributed by atoms with E-state index in [1.807, 2.05) is 6.20 Å². The molecule has 1 N–H and O–H groups in total. The predicted octanol–water partition coefficient (Wildman–Crippen LogP) is 2.79. The zero-order valence-electron chi connectivity index (χ0n) is 8.73. The molecule has 0 spiro atoms. The van der Waals surface area contributed by atoms with Crippen LogP contribution >= 0.6 is 11.3 Å². The second kappa shape index (κ2) is 3.58. The maximum Gasteiger partial charge on any atom is 0.0809 e. The van der Waals surface area contributed by atoms with E-state index >= 15 is 0 Å². The lowest BCUT2D eigenvalue weighted by molar-refractivity contribution is 0.652. The highest BCUT2D eigenvalue weighted by Gasteiger charge is 2.31. The first-order valence-electron chi connectivity index (χ1n) is 5.38. The second-order valence-corrected chi connectivity index (χ2v) is 5.30. The molecule has 0 amide bonds. The third-order valence-corrected chi connectivity index (χ3v) is 3.89. The summed E-state index contributed by atoms with van der Waals surface area (Å²) >= 11 is 1.76. The first kappa shape index (κ1) is 9.31. The fourth-order valence-corrected chi connectivity index (χ4v) is 2.64. The van der Waals surface area contributed by atoms with Crippen LogP contribution < -0.4 is 5.32 Å². The summed E-state index contributed by atoms with van der Waals surface area (Å²) in [6.07, 6.45) is 3.31. The molecule has 1 aliphatic carbocycles. The van der Waals surface area contributed by atoms with Crippen molar-refractivity contribution in [3.05, 3.63) is 29.3 Å². The van der Waals surface area contributed by atoms with Crippen LogP contribution in [0.2, 0.25) is 0 Å². The van der Waals surface area contributed by atoms with Crippen LogP contribution in [0, 0.1) is 5.92 Å². The molecule has 2 nitrogen and oxygen atoms in total. The zero-order chi connectivity index (χ0) is 10.3. The van der Waals surface area contributed by atoms with Gasteiger partial charge in [-0.1, -0.05) is 6.92 Å². The number of fused-ring (bicyclic) bond motifs is 1. The van der Waals surface area contributed by atoms with Crippen LogP contribution in [0.15, 0.2) is 23.7 Å². The van der Waals surface area contributed by atoms with Crippen molar-refractivity contribution in [2.24, 2.45) is 5.92 Å². The third-order valence-electron chi connectivity index (χ3n) is 3.04. The van der Waals surface area contributed by atoms with E-state index in [1.165, 1.54) is 16.7 Å². The quantitative estimate of drug-likeness (QED) is 0.857. The fourth-order valence-electron chi connectivity index (χ4n) is 1.84. The molecule has 0 radical (unpaired) electrons. The molecule has 2 aromatic rings. The molecule has 0 bridgehead atoms. The Bertz CT molecular complexity index is 477. The topological polar surface area (TPSA) is 24.9 Å². The molecule has 2 aromatic heterocycles. The normalized spacial score (nSPS) is 24.6. The Hall–Kier alpha value is -0.930. The summed E-state index contributed by atoms with van der Waals surface area (Å²) in [5.41, 5.74) is 2.41. The van der Waals surface area contributed by atoms with Gasteiger partial charge in [-0.15, -0.1) is 11.3 Å². The van der Waals surface area contributed by atoms with Crippen LogP contribution in [0.5, 0.6) is 0 Å². The number of aromatic nitrogens is 1. The largest absolute Gasteiger partial charge is 0.310 e. The molecule has 78 valence electrons. The molecule has 0 aliphatic heterocycles. The van der Waals surface area contributed by atoms with E-state index in [9.17, 15) is 0 Å². The van der Waals surface area contributed by atoms with Gasteiger partial charge in [-0.2, -0.15) is 0 Å². The number of thiophene rings is 1. The number of hydrogen-bond donors (Lipinski definition) is 1. The lowest BCUT2D eigenvalue weighted by atomic mass is 10.2. The minimum atomic E-state index is 0.740. The van der Waals surface area contributed by atoms with E-state index in [1.54, 1.807) is 11.3 Å². The molecule has 0 aromatic carbocycles. The molecule has 0 saturated heterocycles. The smallest absolute Gasteiger partial charge is 0.0809 e. The van der Waals surface area contributed by atoms with Crippen molar-refractivity contribution in [3.8, 4) is 0 Å². The van der Waals surface area contributed by atoms with E-state index in [0.717, 1.165) is 24.0 Å². The lowest BCUT2D eigenvalue weighted by Gasteiger charge is -2.02. The molecule has 1 fully saturated rings. The predicted molar refractivity (Wildman–Crippen MR) is 64.0 cm³/mol. The van der Waals surface area contributed by atoms with Crippen molar-refractivity contribution < 1.29 is 0 Å². The lowest BCUT2D eigenvalue weighted by Crippen LogP contribution is -2.16. The van der Waals surface area contributed by atoms with Crippen molar-refractivity contribution in [2.75, 3.05) is 0 Å². The van der Waals surface area contributed by atoms with Crippen LogP contribution in [0.4, 0.5) is 0 Å². The van der Waals surface area contributed by atoms with Gasteiger partial charge in [0, 0.05) is 18.8 Å². The number of hydrogen-bond acceptors (Lipinski definition) is 3. The van der Waals surface area contributed by atoms with Gasteiger partial charge in [0.25, 0.3) is 0 Å². The van der Waals surface area contributed by atoms with Gasteiger partial charge in [0.2, 0.25) is 0 Å². The summed E-state index contributed by atoms with van der Waals surface area (Å²) < 4.78 is 1.29. The molecule has 2 atom stereocenters. The van der Waals surface area contributed by atoms with Gasteiger partial charge in [-0.05, 0) is 35.4 Å². The Morgan fingerprint density at radius 1 is 1.60 bits per heavy atom. The highest BCUT2D eigenvalue weighted by atomic mass is 32.1. The Balaban J connectivity index is 1.73. The average molecular weight is 218 g/mol. The van der Waals surface area contributed by atoms with Gasteiger partial charge in [0.15, 0.2) is 0 Å². The summed E-state index contributed by atoms with van der Waals surface area (Å²) in [5.74, 6) is 0.864. The Labute approximate surface area is 93.3 Å². The molecule has 15 heavy (non-hydrogen) atoms. The standard InChI is InChI=1S/C12H14N2S/c1-8-4-11(8)14-7-9-5-12-10(13-6-9)2-3-15-12/h2-3,5-6,8,11,14H,4,7H2,1H3. The van der Waals surface area contributed by atoms with Crippen LogP contribution in [-0.4, -0.2) is 11.0 Å². The van der Waals surface area contributed by atoms with E-state index in [4.69, 9.17) is 0 Å². The molecule has 1 saturated carbocycles. The van der Waals surface area contributed by atoms with Gasteiger partial charge >= 0.3 is 0 Å². The van der Waals surface area contributed by atoms with Crippen LogP contribution in [0.25, 0.3) is 10.2 Å². The highest BCUT2D eigenvalue weighted by Crippen LogP contribution is 2.29. The summed E-state index contributed by atoms with van der Waals surface area (Å²) in [6, 6.07) is 5.05. The maximum atomic E-state index is 4.43. The fraction of sp³-hybridized carbons (Fsp3) is 0.417. The highest BCUT2D eigenvalue weighted by molar-refractivity contribution is 7.17.